The molecule has 0 aliphatic carbocycles. The maximum atomic E-state index is 12.0. The summed E-state index contributed by atoms with van der Waals surface area (Å²) in [6.07, 6.45) is 0. The summed E-state index contributed by atoms with van der Waals surface area (Å²) < 4.78 is 28.2. The van der Waals surface area contributed by atoms with Crippen LogP contribution in [0.5, 0.6) is 11.5 Å². The number of aryl methyl sites for hydroxylation is 1. The van der Waals surface area contributed by atoms with E-state index in [9.17, 15) is 18.7 Å². The average Bonchev–Trinajstić information content (AvgIpc) is 2.43. The van der Waals surface area contributed by atoms with Crippen LogP contribution in [0.15, 0.2) is 42.5 Å². The Bertz CT molecular complexity index is 642. The van der Waals surface area contributed by atoms with Crippen LogP contribution in [-0.2, 0) is 0 Å². The summed E-state index contributed by atoms with van der Waals surface area (Å²) in [5.74, 6) is -0.576. The van der Waals surface area contributed by atoms with Crippen molar-refractivity contribution in [2.24, 2.45) is 0 Å². The molecule has 0 aliphatic rings. The van der Waals surface area contributed by atoms with Gasteiger partial charge in [-0.1, -0.05) is 12.1 Å². The first-order valence-electron chi connectivity index (χ1n) is 6.12. The predicted molar refractivity (Wildman–Crippen MR) is 73.9 cm³/mol. The fraction of sp³-hybridized carbons (Fsp3) is 0.133. The molecule has 0 aliphatic heterocycles. The minimum Gasteiger partial charge on any atom is -0.507 e. The number of nitrogens with one attached hydrogen (secondary N) is 1. The molecule has 2 aromatic rings. The molecule has 0 spiro atoms. The number of alkyl halides is 2. The summed E-state index contributed by atoms with van der Waals surface area (Å²) in [6, 6.07) is 10.3. The highest BCUT2D eigenvalue weighted by Gasteiger charge is 2.12. The van der Waals surface area contributed by atoms with Crippen molar-refractivity contribution in [1.82, 2.24) is 0 Å². The van der Waals surface area contributed by atoms with Crippen LogP contribution in [0.1, 0.15) is 15.9 Å². The van der Waals surface area contributed by atoms with Crippen molar-refractivity contribution in [1.29, 1.82) is 0 Å². The number of phenols is 1. The minimum atomic E-state index is -2.89. The van der Waals surface area contributed by atoms with E-state index in [0.29, 0.717) is 11.3 Å². The lowest BCUT2D eigenvalue weighted by atomic mass is 10.1. The molecular weight excluding hydrogens is 280 g/mol. The molecule has 0 unspecified atom stereocenters. The lowest BCUT2D eigenvalue weighted by Crippen LogP contribution is -2.12. The van der Waals surface area contributed by atoms with Gasteiger partial charge in [-0.05, 0) is 42.8 Å². The number of amides is 1. The number of rotatable bonds is 4. The molecule has 0 aromatic heterocycles. The van der Waals surface area contributed by atoms with Gasteiger partial charge in [-0.2, -0.15) is 8.78 Å². The topological polar surface area (TPSA) is 58.6 Å². The molecular formula is C15H13F2NO3. The molecule has 0 bridgehead atoms. The highest BCUT2D eigenvalue weighted by molar-refractivity contribution is 6.06. The Hall–Kier alpha value is -2.63. The van der Waals surface area contributed by atoms with Gasteiger partial charge in [0.2, 0.25) is 0 Å². The maximum Gasteiger partial charge on any atom is 0.387 e. The Balaban J connectivity index is 2.11. The lowest BCUT2D eigenvalue weighted by Gasteiger charge is -2.09. The van der Waals surface area contributed by atoms with Crippen LogP contribution in [-0.4, -0.2) is 17.6 Å². The van der Waals surface area contributed by atoms with E-state index < -0.39 is 12.5 Å². The number of ether oxygens (including phenoxy) is 1. The van der Waals surface area contributed by atoms with Gasteiger partial charge in [0.15, 0.2) is 0 Å². The molecule has 6 heteroatoms. The molecule has 2 aromatic carbocycles. The predicted octanol–water partition coefficient (Wildman–Crippen LogP) is 3.55. The van der Waals surface area contributed by atoms with E-state index in [4.69, 9.17) is 0 Å². The molecule has 0 atom stereocenters. The summed E-state index contributed by atoms with van der Waals surface area (Å²) >= 11 is 0. The fourth-order valence-electron chi connectivity index (χ4n) is 1.76. The van der Waals surface area contributed by atoms with Crippen LogP contribution >= 0.6 is 0 Å². The normalized spacial score (nSPS) is 10.5. The zero-order valence-electron chi connectivity index (χ0n) is 11.1. The fourth-order valence-corrected chi connectivity index (χ4v) is 1.76. The van der Waals surface area contributed by atoms with Crippen molar-refractivity contribution >= 4 is 11.6 Å². The minimum absolute atomic E-state index is 0.00130. The smallest absolute Gasteiger partial charge is 0.387 e. The molecule has 2 N–H and O–H groups in total. The highest BCUT2D eigenvalue weighted by Crippen LogP contribution is 2.23. The van der Waals surface area contributed by atoms with Crippen LogP contribution in [0.25, 0.3) is 0 Å². The summed E-state index contributed by atoms with van der Waals surface area (Å²) in [7, 11) is 0. The molecule has 0 radical (unpaired) electrons. The molecule has 0 heterocycles. The van der Waals surface area contributed by atoms with E-state index in [1.165, 1.54) is 30.3 Å². The quantitative estimate of drug-likeness (QED) is 0.906. The van der Waals surface area contributed by atoms with Crippen molar-refractivity contribution in [3.63, 3.8) is 0 Å². The molecule has 4 nitrogen and oxygen atoms in total. The van der Waals surface area contributed by atoms with Crippen molar-refractivity contribution in [3.8, 4) is 11.5 Å². The maximum absolute atomic E-state index is 12.0. The van der Waals surface area contributed by atoms with Crippen LogP contribution in [0.4, 0.5) is 14.5 Å². The number of benzene rings is 2. The van der Waals surface area contributed by atoms with Crippen molar-refractivity contribution in [3.05, 3.63) is 53.6 Å². The van der Waals surface area contributed by atoms with Crippen molar-refractivity contribution in [2.75, 3.05) is 5.32 Å². The van der Waals surface area contributed by atoms with E-state index in [2.05, 4.69) is 10.1 Å². The van der Waals surface area contributed by atoms with Gasteiger partial charge in [0, 0.05) is 5.69 Å². The first-order chi connectivity index (χ1) is 9.97. The third-order valence-corrected chi connectivity index (χ3v) is 2.82. The highest BCUT2D eigenvalue weighted by atomic mass is 19.3. The molecule has 21 heavy (non-hydrogen) atoms. The standard InChI is InChI=1S/C15H13F2NO3/c1-9-3-2-4-12(13(9)19)14(20)18-10-5-7-11(8-6-10)21-15(16)17/h2-8,15,19H,1H3,(H,18,20). The second-order valence-electron chi connectivity index (χ2n) is 4.33. The molecule has 2 rings (SSSR count). The number of anilines is 1. The number of halogens is 2. The Morgan fingerprint density at radius 3 is 2.48 bits per heavy atom. The summed E-state index contributed by atoms with van der Waals surface area (Å²) in [5.41, 5.74) is 1.13. The zero-order valence-corrected chi connectivity index (χ0v) is 11.1. The van der Waals surface area contributed by atoms with Crippen LogP contribution < -0.4 is 10.1 Å². The number of phenolic OH excluding ortho intramolecular Hbond substituents is 1. The summed E-state index contributed by atoms with van der Waals surface area (Å²) in [4.78, 5) is 12.0. The molecule has 0 saturated carbocycles. The van der Waals surface area contributed by atoms with Gasteiger partial charge in [-0.25, -0.2) is 0 Å². The SMILES string of the molecule is Cc1cccc(C(=O)Nc2ccc(OC(F)F)cc2)c1O. The van der Waals surface area contributed by atoms with Gasteiger partial charge in [-0.15, -0.1) is 0 Å². The first-order valence-corrected chi connectivity index (χ1v) is 6.12. The Kier molecular flexibility index (Phi) is 4.37. The Morgan fingerprint density at radius 2 is 1.86 bits per heavy atom. The summed E-state index contributed by atoms with van der Waals surface area (Å²) in [6.45, 7) is -1.21. The van der Waals surface area contributed by atoms with E-state index >= 15 is 0 Å². The van der Waals surface area contributed by atoms with E-state index in [1.807, 2.05) is 0 Å². The van der Waals surface area contributed by atoms with Gasteiger partial charge in [0.1, 0.15) is 11.5 Å². The molecule has 1 amide bonds. The zero-order chi connectivity index (χ0) is 15.4. The molecule has 0 fully saturated rings. The van der Waals surface area contributed by atoms with Crippen LogP contribution in [0.3, 0.4) is 0 Å². The van der Waals surface area contributed by atoms with Gasteiger partial charge in [-0.3, -0.25) is 4.79 Å². The number of carbonyl (C=O) groups is 1. The average molecular weight is 293 g/mol. The largest absolute Gasteiger partial charge is 0.507 e. The van der Waals surface area contributed by atoms with Gasteiger partial charge in [0.05, 0.1) is 5.56 Å². The second kappa shape index (κ2) is 6.21. The van der Waals surface area contributed by atoms with Gasteiger partial charge < -0.3 is 15.2 Å². The van der Waals surface area contributed by atoms with E-state index in [0.717, 1.165) is 0 Å². The number of hydrogen-bond donors (Lipinski definition) is 2. The number of para-hydroxylation sites is 1. The third-order valence-electron chi connectivity index (χ3n) is 2.82. The number of aromatic hydroxyl groups is 1. The number of hydrogen-bond acceptors (Lipinski definition) is 3. The Labute approximate surface area is 120 Å². The van der Waals surface area contributed by atoms with Crippen LogP contribution in [0.2, 0.25) is 0 Å². The van der Waals surface area contributed by atoms with Gasteiger partial charge >= 0.3 is 6.61 Å². The Morgan fingerprint density at radius 1 is 1.19 bits per heavy atom. The van der Waals surface area contributed by atoms with E-state index in [-0.39, 0.29) is 17.1 Å². The first kappa shape index (κ1) is 14.8. The number of carbonyl (C=O) groups excluding carboxylic acids is 1. The second-order valence-corrected chi connectivity index (χ2v) is 4.33. The lowest BCUT2D eigenvalue weighted by molar-refractivity contribution is -0.0498. The van der Waals surface area contributed by atoms with Crippen molar-refractivity contribution < 1.29 is 23.4 Å². The van der Waals surface area contributed by atoms with Crippen molar-refractivity contribution in [2.45, 2.75) is 13.5 Å². The summed E-state index contributed by atoms with van der Waals surface area (Å²) in [5, 5.41) is 12.4. The molecule has 110 valence electrons. The monoisotopic (exact) mass is 293 g/mol. The van der Waals surface area contributed by atoms with E-state index in [1.54, 1.807) is 19.1 Å². The van der Waals surface area contributed by atoms with Gasteiger partial charge in [0.25, 0.3) is 5.91 Å². The third kappa shape index (κ3) is 3.68. The molecule has 0 saturated heterocycles. The van der Waals surface area contributed by atoms with Crippen LogP contribution in [0, 0.1) is 6.92 Å².